The Morgan fingerprint density at radius 1 is 1.61 bits per heavy atom. The minimum Gasteiger partial charge on any atom is -0.481 e. The van der Waals surface area contributed by atoms with Gasteiger partial charge in [-0.15, -0.1) is 11.3 Å². The average Bonchev–Trinajstić information content (AvgIpc) is 2.93. The van der Waals surface area contributed by atoms with Crippen molar-refractivity contribution < 1.29 is 14.4 Å². The van der Waals surface area contributed by atoms with E-state index in [-0.39, 0.29) is 18.9 Å². The second kappa shape index (κ2) is 5.28. The molecule has 0 saturated heterocycles. The van der Waals surface area contributed by atoms with Crippen LogP contribution in [0.3, 0.4) is 0 Å². The summed E-state index contributed by atoms with van der Waals surface area (Å²) in [6.07, 6.45) is 0.278. The minimum atomic E-state index is -1.00. The largest absolute Gasteiger partial charge is 0.481 e. The van der Waals surface area contributed by atoms with Crippen molar-refractivity contribution >= 4 is 17.3 Å². The number of carboxylic acid groups (broad SMARTS) is 1. The van der Waals surface area contributed by atoms with Gasteiger partial charge in [0.2, 0.25) is 11.7 Å². The molecule has 0 amide bonds. The molecule has 96 valence electrons. The number of nitrogens with zero attached hydrogens (tertiary/aromatic N) is 2. The molecule has 18 heavy (non-hydrogen) atoms. The van der Waals surface area contributed by atoms with Crippen molar-refractivity contribution in [3.8, 4) is 10.7 Å². The van der Waals surface area contributed by atoms with Gasteiger partial charge in [0, 0.05) is 4.88 Å². The summed E-state index contributed by atoms with van der Waals surface area (Å²) >= 11 is 1.53. The molecular weight excluding hydrogens is 254 g/mol. The van der Waals surface area contributed by atoms with E-state index >= 15 is 0 Å². The van der Waals surface area contributed by atoms with Gasteiger partial charge < -0.3 is 15.4 Å². The molecule has 7 heteroatoms. The van der Waals surface area contributed by atoms with Crippen LogP contribution < -0.4 is 5.73 Å². The van der Waals surface area contributed by atoms with E-state index in [4.69, 9.17) is 15.4 Å². The highest BCUT2D eigenvalue weighted by molar-refractivity contribution is 7.15. The molecule has 2 rings (SSSR count). The van der Waals surface area contributed by atoms with Crippen molar-refractivity contribution in [3.63, 3.8) is 0 Å². The maximum absolute atomic E-state index is 11.1. The predicted molar refractivity (Wildman–Crippen MR) is 66.4 cm³/mol. The molecular formula is C11H13N3O3S. The van der Waals surface area contributed by atoms with Gasteiger partial charge in [-0.25, -0.2) is 0 Å². The fourth-order valence-corrected chi connectivity index (χ4v) is 2.34. The Balaban J connectivity index is 2.26. The van der Waals surface area contributed by atoms with Gasteiger partial charge in [-0.2, -0.15) is 4.98 Å². The molecule has 0 saturated carbocycles. The van der Waals surface area contributed by atoms with Crippen LogP contribution in [0.5, 0.6) is 0 Å². The molecule has 2 aromatic heterocycles. The maximum atomic E-state index is 11.1. The van der Waals surface area contributed by atoms with Gasteiger partial charge in [0.05, 0.1) is 4.88 Å². The number of carbonyl (C=O) groups is 1. The number of carboxylic acids is 1. The monoisotopic (exact) mass is 267 g/mol. The lowest BCUT2D eigenvalue weighted by atomic mass is 10.1. The van der Waals surface area contributed by atoms with Crippen molar-refractivity contribution in [2.45, 2.75) is 19.3 Å². The number of aromatic nitrogens is 2. The molecule has 0 aliphatic heterocycles. The van der Waals surface area contributed by atoms with Crippen LogP contribution >= 0.6 is 11.3 Å². The number of hydrogen-bond donors (Lipinski definition) is 2. The van der Waals surface area contributed by atoms with Crippen LogP contribution in [0.15, 0.2) is 16.7 Å². The number of hydrogen-bond acceptors (Lipinski definition) is 6. The van der Waals surface area contributed by atoms with Crippen molar-refractivity contribution in [3.05, 3.63) is 22.9 Å². The molecule has 1 unspecified atom stereocenters. The molecule has 2 heterocycles. The first-order valence-corrected chi connectivity index (χ1v) is 6.26. The Morgan fingerprint density at radius 2 is 2.39 bits per heavy atom. The van der Waals surface area contributed by atoms with Crippen LogP contribution in [-0.4, -0.2) is 27.8 Å². The Kier molecular flexibility index (Phi) is 3.73. The third kappa shape index (κ3) is 2.57. The summed E-state index contributed by atoms with van der Waals surface area (Å²) in [6.45, 7) is 2.23. The van der Waals surface area contributed by atoms with Crippen LogP contribution in [0.1, 0.15) is 23.1 Å². The van der Waals surface area contributed by atoms with E-state index in [1.165, 1.54) is 11.3 Å². The first-order chi connectivity index (χ1) is 8.61. The SMILES string of the molecule is Cc1ccc(-c2noc(C(CCN)C(=O)O)n2)s1. The molecule has 0 bridgehead atoms. The fraction of sp³-hybridized carbons (Fsp3) is 0.364. The zero-order chi connectivity index (χ0) is 13.1. The second-order valence-corrected chi connectivity index (χ2v) is 5.12. The van der Waals surface area contributed by atoms with E-state index in [1.54, 1.807) is 0 Å². The highest BCUT2D eigenvalue weighted by Crippen LogP contribution is 2.27. The van der Waals surface area contributed by atoms with Crippen LogP contribution in [0.4, 0.5) is 0 Å². The van der Waals surface area contributed by atoms with Gasteiger partial charge in [-0.05, 0) is 32.0 Å². The topological polar surface area (TPSA) is 102 Å². The standard InChI is InChI=1S/C11H13N3O3S/c1-6-2-3-8(18-6)9-13-10(17-14-9)7(4-5-12)11(15)16/h2-3,7H,4-5,12H2,1H3,(H,15,16). The van der Waals surface area contributed by atoms with Gasteiger partial charge in [0.15, 0.2) is 0 Å². The normalized spacial score (nSPS) is 12.6. The molecule has 6 nitrogen and oxygen atoms in total. The first-order valence-electron chi connectivity index (χ1n) is 5.45. The van der Waals surface area contributed by atoms with E-state index in [1.807, 2.05) is 19.1 Å². The lowest BCUT2D eigenvalue weighted by molar-refractivity contribution is -0.139. The maximum Gasteiger partial charge on any atom is 0.316 e. The van der Waals surface area contributed by atoms with Crippen molar-refractivity contribution in [1.29, 1.82) is 0 Å². The molecule has 3 N–H and O–H groups in total. The van der Waals surface area contributed by atoms with Crippen LogP contribution in [0.2, 0.25) is 0 Å². The fourth-order valence-electron chi connectivity index (χ4n) is 1.55. The third-order valence-corrected chi connectivity index (χ3v) is 3.45. The van der Waals surface area contributed by atoms with E-state index in [0.717, 1.165) is 9.75 Å². The van der Waals surface area contributed by atoms with E-state index in [9.17, 15) is 4.79 Å². The number of aliphatic carboxylic acids is 1. The van der Waals surface area contributed by atoms with Crippen LogP contribution in [-0.2, 0) is 4.79 Å². The summed E-state index contributed by atoms with van der Waals surface area (Å²) in [4.78, 5) is 17.2. The van der Waals surface area contributed by atoms with Gasteiger partial charge >= 0.3 is 5.97 Å². The molecule has 0 fully saturated rings. The molecule has 1 atom stereocenters. The molecule has 0 radical (unpaired) electrons. The summed E-state index contributed by atoms with van der Waals surface area (Å²) in [5, 5.41) is 12.9. The summed E-state index contributed by atoms with van der Waals surface area (Å²) in [5.74, 6) is -1.31. The number of nitrogens with two attached hydrogens (primary N) is 1. The Hall–Kier alpha value is -1.73. The minimum absolute atomic E-state index is 0.106. The summed E-state index contributed by atoms with van der Waals surface area (Å²) in [7, 11) is 0. The predicted octanol–water partition coefficient (Wildman–Crippen LogP) is 1.62. The third-order valence-electron chi connectivity index (χ3n) is 2.45. The van der Waals surface area contributed by atoms with Crippen LogP contribution in [0.25, 0.3) is 10.7 Å². The summed E-state index contributed by atoms with van der Waals surface area (Å²) < 4.78 is 5.01. The smallest absolute Gasteiger partial charge is 0.316 e. The molecule has 2 aromatic rings. The summed E-state index contributed by atoms with van der Waals surface area (Å²) in [6, 6.07) is 3.83. The lowest BCUT2D eigenvalue weighted by Crippen LogP contribution is -2.16. The molecule has 0 spiro atoms. The van der Waals surface area contributed by atoms with Crippen LogP contribution in [0, 0.1) is 6.92 Å². The number of rotatable bonds is 5. The highest BCUT2D eigenvalue weighted by atomic mass is 32.1. The van der Waals surface area contributed by atoms with E-state index < -0.39 is 11.9 Å². The van der Waals surface area contributed by atoms with Gasteiger partial charge in [-0.3, -0.25) is 4.79 Å². The number of thiophene rings is 1. The average molecular weight is 267 g/mol. The number of aryl methyl sites for hydroxylation is 1. The molecule has 0 aromatic carbocycles. The van der Waals surface area contributed by atoms with Gasteiger partial charge in [0.1, 0.15) is 5.92 Å². The quantitative estimate of drug-likeness (QED) is 0.853. The first kappa shape index (κ1) is 12.7. The molecule has 0 aliphatic rings. The Labute approximate surface area is 107 Å². The second-order valence-electron chi connectivity index (χ2n) is 3.83. The van der Waals surface area contributed by atoms with Gasteiger partial charge in [-0.1, -0.05) is 5.16 Å². The van der Waals surface area contributed by atoms with Crippen molar-refractivity contribution in [1.82, 2.24) is 10.1 Å². The van der Waals surface area contributed by atoms with Crippen molar-refractivity contribution in [2.75, 3.05) is 6.54 Å². The van der Waals surface area contributed by atoms with E-state index in [2.05, 4.69) is 10.1 Å². The highest BCUT2D eigenvalue weighted by Gasteiger charge is 2.26. The van der Waals surface area contributed by atoms with Gasteiger partial charge in [0.25, 0.3) is 0 Å². The zero-order valence-electron chi connectivity index (χ0n) is 9.79. The van der Waals surface area contributed by atoms with E-state index in [0.29, 0.717) is 5.82 Å². The zero-order valence-corrected chi connectivity index (χ0v) is 10.6. The van der Waals surface area contributed by atoms with Crippen molar-refractivity contribution in [2.24, 2.45) is 5.73 Å². The Morgan fingerprint density at radius 3 is 2.94 bits per heavy atom. The summed E-state index contributed by atoms with van der Waals surface area (Å²) in [5.41, 5.74) is 5.37. The lowest BCUT2D eigenvalue weighted by Gasteiger charge is -2.04. The Bertz CT molecular complexity index is 549. The molecule has 0 aliphatic carbocycles.